The second-order valence-electron chi connectivity index (χ2n) is 5.50. The summed E-state index contributed by atoms with van der Waals surface area (Å²) in [5, 5.41) is 0. The lowest BCUT2D eigenvalue weighted by Gasteiger charge is -2.09. The number of carbonyl (C=O) groups excluding carboxylic acids is 3. The summed E-state index contributed by atoms with van der Waals surface area (Å²) in [5.41, 5.74) is 0.684. The first-order chi connectivity index (χ1) is 11.4. The van der Waals surface area contributed by atoms with Crippen molar-refractivity contribution in [2.45, 2.75) is 52.9 Å². The number of benzene rings is 1. The van der Waals surface area contributed by atoms with Crippen molar-refractivity contribution in [3.8, 4) is 11.5 Å². The molecule has 0 aromatic heterocycles. The van der Waals surface area contributed by atoms with Crippen molar-refractivity contribution < 1.29 is 23.9 Å². The molecule has 0 aliphatic heterocycles. The van der Waals surface area contributed by atoms with Gasteiger partial charge in [0, 0.05) is 20.3 Å². The minimum absolute atomic E-state index is 0.0594. The number of hydrogen-bond acceptors (Lipinski definition) is 5. The lowest BCUT2D eigenvalue weighted by Crippen LogP contribution is -2.07. The molecule has 0 radical (unpaired) electrons. The van der Waals surface area contributed by atoms with Crippen LogP contribution in [0.1, 0.15) is 58.4 Å². The van der Waals surface area contributed by atoms with E-state index < -0.39 is 11.9 Å². The molecular weight excluding hydrogens is 308 g/mol. The quantitative estimate of drug-likeness (QED) is 0.295. The largest absolute Gasteiger partial charge is 0.423 e. The van der Waals surface area contributed by atoms with Crippen molar-refractivity contribution in [1.29, 1.82) is 0 Å². The van der Waals surface area contributed by atoms with E-state index in [1.165, 1.54) is 26.0 Å². The summed E-state index contributed by atoms with van der Waals surface area (Å²) < 4.78 is 10.0. The van der Waals surface area contributed by atoms with Crippen LogP contribution in [0.4, 0.5) is 0 Å². The Balaban J connectivity index is 2.77. The van der Waals surface area contributed by atoms with Gasteiger partial charge in [-0.2, -0.15) is 0 Å². The van der Waals surface area contributed by atoms with Crippen LogP contribution in [0.25, 0.3) is 6.08 Å². The van der Waals surface area contributed by atoms with Crippen molar-refractivity contribution in [1.82, 2.24) is 0 Å². The standard InChI is InChI=1S/C19H24O5/c1-4-5-6-7-8-17(22)11-9-16-10-12-18(23-14(2)20)19(13-16)24-15(3)21/h9-13H,4-8H2,1-3H3. The summed E-state index contributed by atoms with van der Waals surface area (Å²) in [6.07, 6.45) is 7.93. The monoisotopic (exact) mass is 332 g/mol. The Morgan fingerprint density at radius 3 is 2.25 bits per heavy atom. The van der Waals surface area contributed by atoms with E-state index >= 15 is 0 Å². The molecule has 0 unspecified atom stereocenters. The normalized spacial score (nSPS) is 10.6. The Kier molecular flexibility index (Phi) is 8.47. The van der Waals surface area contributed by atoms with Gasteiger partial charge in [0.1, 0.15) is 0 Å². The number of unbranched alkanes of at least 4 members (excludes halogenated alkanes) is 3. The van der Waals surface area contributed by atoms with Gasteiger partial charge in [0.15, 0.2) is 17.3 Å². The van der Waals surface area contributed by atoms with Gasteiger partial charge < -0.3 is 9.47 Å². The maximum atomic E-state index is 11.8. The molecule has 1 rings (SSSR count). The van der Waals surface area contributed by atoms with Gasteiger partial charge in [0.2, 0.25) is 0 Å². The average molecular weight is 332 g/mol. The minimum Gasteiger partial charge on any atom is -0.423 e. The highest BCUT2D eigenvalue weighted by Gasteiger charge is 2.10. The Labute approximate surface area is 142 Å². The van der Waals surface area contributed by atoms with E-state index in [-0.39, 0.29) is 17.3 Å². The third-order valence-electron chi connectivity index (χ3n) is 3.21. The molecule has 0 fully saturated rings. The van der Waals surface area contributed by atoms with Crippen molar-refractivity contribution in [3.05, 3.63) is 29.8 Å². The summed E-state index contributed by atoms with van der Waals surface area (Å²) in [6, 6.07) is 4.78. The summed E-state index contributed by atoms with van der Waals surface area (Å²) >= 11 is 0. The molecule has 0 saturated heterocycles. The second kappa shape index (κ2) is 10.4. The van der Waals surface area contributed by atoms with Crippen molar-refractivity contribution >= 4 is 23.8 Å². The molecule has 24 heavy (non-hydrogen) atoms. The van der Waals surface area contributed by atoms with E-state index in [2.05, 4.69) is 6.92 Å². The molecule has 5 heteroatoms. The molecule has 0 amide bonds. The summed E-state index contributed by atoms with van der Waals surface area (Å²) in [6.45, 7) is 4.66. The molecule has 1 aromatic carbocycles. The zero-order chi connectivity index (χ0) is 17.9. The Morgan fingerprint density at radius 2 is 1.62 bits per heavy atom. The molecule has 5 nitrogen and oxygen atoms in total. The van der Waals surface area contributed by atoms with Crippen LogP contribution in [0.15, 0.2) is 24.3 Å². The lowest BCUT2D eigenvalue weighted by atomic mass is 10.1. The smallest absolute Gasteiger partial charge is 0.308 e. The van der Waals surface area contributed by atoms with Gasteiger partial charge in [-0.3, -0.25) is 14.4 Å². The Hall–Kier alpha value is -2.43. The fourth-order valence-corrected chi connectivity index (χ4v) is 2.10. The van der Waals surface area contributed by atoms with Crippen molar-refractivity contribution in [3.63, 3.8) is 0 Å². The molecule has 0 atom stereocenters. The van der Waals surface area contributed by atoms with Gasteiger partial charge in [-0.1, -0.05) is 38.3 Å². The van der Waals surface area contributed by atoms with Crippen LogP contribution in [0, 0.1) is 0 Å². The maximum absolute atomic E-state index is 11.8. The molecule has 0 aliphatic rings. The van der Waals surface area contributed by atoms with Crippen LogP contribution in [-0.2, 0) is 14.4 Å². The maximum Gasteiger partial charge on any atom is 0.308 e. The molecule has 0 N–H and O–H groups in total. The first kappa shape index (κ1) is 19.6. The number of esters is 2. The van der Waals surface area contributed by atoms with E-state index in [4.69, 9.17) is 9.47 Å². The lowest BCUT2D eigenvalue weighted by molar-refractivity contribution is -0.134. The first-order valence-electron chi connectivity index (χ1n) is 8.14. The van der Waals surface area contributed by atoms with Crippen LogP contribution in [0.2, 0.25) is 0 Å². The zero-order valence-corrected chi connectivity index (χ0v) is 14.5. The number of hydrogen-bond donors (Lipinski definition) is 0. The SMILES string of the molecule is CCCCCCC(=O)C=Cc1ccc(OC(C)=O)c(OC(C)=O)c1. The van der Waals surface area contributed by atoms with Crippen LogP contribution in [-0.4, -0.2) is 17.7 Å². The molecule has 0 spiro atoms. The predicted molar refractivity (Wildman–Crippen MR) is 91.9 cm³/mol. The van der Waals surface area contributed by atoms with Crippen LogP contribution in [0.5, 0.6) is 11.5 Å². The van der Waals surface area contributed by atoms with Crippen LogP contribution < -0.4 is 9.47 Å². The topological polar surface area (TPSA) is 69.7 Å². The Morgan fingerprint density at radius 1 is 0.958 bits per heavy atom. The molecule has 0 saturated carbocycles. The van der Waals surface area contributed by atoms with Gasteiger partial charge in [0.05, 0.1) is 0 Å². The van der Waals surface area contributed by atoms with E-state index in [1.54, 1.807) is 18.2 Å². The van der Waals surface area contributed by atoms with E-state index in [0.29, 0.717) is 12.0 Å². The highest BCUT2D eigenvalue weighted by atomic mass is 16.6. The molecule has 1 aromatic rings. The van der Waals surface area contributed by atoms with Crippen molar-refractivity contribution in [2.24, 2.45) is 0 Å². The number of ketones is 1. The van der Waals surface area contributed by atoms with E-state index in [9.17, 15) is 14.4 Å². The average Bonchev–Trinajstić information content (AvgIpc) is 2.51. The third-order valence-corrected chi connectivity index (χ3v) is 3.21. The van der Waals surface area contributed by atoms with E-state index in [0.717, 1.165) is 25.7 Å². The van der Waals surface area contributed by atoms with E-state index in [1.807, 2.05) is 0 Å². The highest BCUT2D eigenvalue weighted by Crippen LogP contribution is 2.29. The van der Waals surface area contributed by atoms with Crippen molar-refractivity contribution in [2.75, 3.05) is 0 Å². The molecule has 0 aliphatic carbocycles. The van der Waals surface area contributed by atoms with Gasteiger partial charge in [-0.15, -0.1) is 0 Å². The fourth-order valence-electron chi connectivity index (χ4n) is 2.10. The number of allylic oxidation sites excluding steroid dienone is 1. The minimum atomic E-state index is -0.517. The van der Waals surface area contributed by atoms with Gasteiger partial charge >= 0.3 is 11.9 Å². The van der Waals surface area contributed by atoms with Crippen LogP contribution in [0.3, 0.4) is 0 Å². The number of carbonyl (C=O) groups is 3. The zero-order valence-electron chi connectivity index (χ0n) is 14.5. The van der Waals surface area contributed by atoms with Gasteiger partial charge in [-0.05, 0) is 30.2 Å². The highest BCUT2D eigenvalue weighted by molar-refractivity contribution is 5.93. The second-order valence-corrected chi connectivity index (χ2v) is 5.50. The summed E-state index contributed by atoms with van der Waals surface area (Å²) in [7, 11) is 0. The Bertz CT molecular complexity index is 616. The molecular formula is C19H24O5. The number of ether oxygens (including phenoxy) is 2. The number of rotatable bonds is 9. The van der Waals surface area contributed by atoms with Crippen LogP contribution >= 0.6 is 0 Å². The van der Waals surface area contributed by atoms with Gasteiger partial charge in [-0.25, -0.2) is 0 Å². The fraction of sp³-hybridized carbons (Fsp3) is 0.421. The molecule has 0 bridgehead atoms. The molecule has 0 heterocycles. The molecule has 130 valence electrons. The van der Waals surface area contributed by atoms with Gasteiger partial charge in [0.25, 0.3) is 0 Å². The first-order valence-corrected chi connectivity index (χ1v) is 8.14. The predicted octanol–water partition coefficient (Wildman–Crippen LogP) is 4.09. The summed E-state index contributed by atoms with van der Waals surface area (Å²) in [4.78, 5) is 34.1. The third kappa shape index (κ3) is 7.72. The summed E-state index contributed by atoms with van der Waals surface area (Å²) in [5.74, 6) is -0.648.